The van der Waals surface area contributed by atoms with Crippen molar-refractivity contribution in [3.63, 3.8) is 0 Å². The van der Waals surface area contributed by atoms with Crippen molar-refractivity contribution in [1.82, 2.24) is 24.9 Å². The van der Waals surface area contributed by atoms with Crippen LogP contribution in [0.15, 0.2) is 10.7 Å². The summed E-state index contributed by atoms with van der Waals surface area (Å²) in [6.45, 7) is 5.76. The largest absolute Gasteiger partial charge is 0.307 e. The molecule has 0 fully saturated rings. The van der Waals surface area contributed by atoms with Gasteiger partial charge in [-0.15, -0.1) is 0 Å². The molecule has 5 nitrogen and oxygen atoms in total. The summed E-state index contributed by atoms with van der Waals surface area (Å²) in [5, 5.41) is 12.3. The maximum Gasteiger partial charge on any atom is 0.0767 e. The van der Waals surface area contributed by atoms with Crippen LogP contribution in [-0.2, 0) is 33.6 Å². The van der Waals surface area contributed by atoms with Gasteiger partial charge in [-0.2, -0.15) is 10.2 Å². The minimum absolute atomic E-state index is 0.790. The third-order valence-corrected chi connectivity index (χ3v) is 4.14. The Morgan fingerprint density at radius 3 is 2.53 bits per heavy atom. The highest BCUT2D eigenvalue weighted by molar-refractivity contribution is 9.10. The first-order valence-electron chi connectivity index (χ1n) is 6.43. The smallest absolute Gasteiger partial charge is 0.0767 e. The lowest BCUT2D eigenvalue weighted by Gasteiger charge is -2.05. The average molecular weight is 326 g/mol. The Morgan fingerprint density at radius 2 is 2.00 bits per heavy atom. The van der Waals surface area contributed by atoms with Gasteiger partial charge < -0.3 is 5.32 Å². The number of hydrogen-bond donors (Lipinski definition) is 1. The Morgan fingerprint density at radius 1 is 1.26 bits per heavy atom. The van der Waals surface area contributed by atoms with Gasteiger partial charge in [-0.25, -0.2) is 0 Å². The molecule has 2 heterocycles. The van der Waals surface area contributed by atoms with E-state index in [2.05, 4.69) is 44.6 Å². The van der Waals surface area contributed by atoms with Crippen LogP contribution in [0, 0.1) is 6.92 Å². The molecule has 0 spiro atoms. The quantitative estimate of drug-likeness (QED) is 0.915. The minimum Gasteiger partial charge on any atom is -0.307 e. The number of nitrogens with zero attached hydrogens (tertiary/aromatic N) is 4. The van der Waals surface area contributed by atoms with Crippen LogP contribution in [0.1, 0.15) is 29.6 Å². The van der Waals surface area contributed by atoms with Crippen LogP contribution < -0.4 is 5.32 Å². The van der Waals surface area contributed by atoms with Gasteiger partial charge in [0.25, 0.3) is 0 Å². The highest BCUT2D eigenvalue weighted by atomic mass is 79.9. The average Bonchev–Trinajstić information content (AvgIpc) is 2.82. The summed E-state index contributed by atoms with van der Waals surface area (Å²) < 4.78 is 4.90. The van der Waals surface area contributed by atoms with E-state index >= 15 is 0 Å². The van der Waals surface area contributed by atoms with E-state index in [0.717, 1.165) is 35.4 Å². The molecule has 2 aromatic heterocycles. The Balaban J connectivity index is 2.00. The molecule has 104 valence electrons. The molecule has 19 heavy (non-hydrogen) atoms. The van der Waals surface area contributed by atoms with Gasteiger partial charge in [-0.05, 0) is 29.3 Å². The van der Waals surface area contributed by atoms with Crippen LogP contribution in [-0.4, -0.2) is 19.6 Å². The van der Waals surface area contributed by atoms with Crippen molar-refractivity contribution in [3.05, 3.63) is 33.3 Å². The summed E-state index contributed by atoms with van der Waals surface area (Å²) in [5.41, 5.74) is 4.60. The predicted octanol–water partition coefficient (Wildman–Crippen LogP) is 2.08. The number of hydrogen-bond acceptors (Lipinski definition) is 3. The topological polar surface area (TPSA) is 47.7 Å². The van der Waals surface area contributed by atoms with Crippen molar-refractivity contribution in [2.24, 2.45) is 14.1 Å². The molecule has 0 aromatic carbocycles. The normalized spacial score (nSPS) is 11.2. The second kappa shape index (κ2) is 5.88. The number of aromatic nitrogens is 4. The standard InChI is InChI=1S/C13H20BrN5/c1-5-11-13(14)12(19(4)17-11)7-15-6-10-8-18(3)16-9(10)2/h8,15H,5-7H2,1-4H3. The summed E-state index contributed by atoms with van der Waals surface area (Å²) in [6, 6.07) is 0. The number of aryl methyl sites for hydroxylation is 4. The van der Waals surface area contributed by atoms with Crippen LogP contribution >= 0.6 is 15.9 Å². The Bertz CT molecular complexity index is 570. The zero-order valence-corrected chi connectivity index (χ0v) is 13.5. The van der Waals surface area contributed by atoms with Crippen molar-refractivity contribution < 1.29 is 0 Å². The van der Waals surface area contributed by atoms with E-state index in [-0.39, 0.29) is 0 Å². The molecule has 1 N–H and O–H groups in total. The maximum absolute atomic E-state index is 4.49. The van der Waals surface area contributed by atoms with Gasteiger partial charge in [0.1, 0.15) is 0 Å². The lowest BCUT2D eigenvalue weighted by Crippen LogP contribution is -2.15. The number of halogens is 1. The van der Waals surface area contributed by atoms with Gasteiger partial charge in [0.2, 0.25) is 0 Å². The third kappa shape index (κ3) is 3.06. The molecule has 2 aromatic rings. The van der Waals surface area contributed by atoms with Gasteiger partial charge in [0.05, 0.1) is 21.6 Å². The molecule has 0 aliphatic rings. The monoisotopic (exact) mass is 325 g/mol. The molecule has 2 rings (SSSR count). The van der Waals surface area contributed by atoms with Gasteiger partial charge >= 0.3 is 0 Å². The van der Waals surface area contributed by atoms with Crippen LogP contribution in [0.3, 0.4) is 0 Å². The van der Waals surface area contributed by atoms with Gasteiger partial charge in [-0.3, -0.25) is 9.36 Å². The van der Waals surface area contributed by atoms with E-state index in [9.17, 15) is 0 Å². The molecule has 0 unspecified atom stereocenters. The lowest BCUT2D eigenvalue weighted by molar-refractivity contribution is 0.621. The number of nitrogens with one attached hydrogen (secondary N) is 1. The summed E-state index contributed by atoms with van der Waals surface area (Å²) in [5.74, 6) is 0. The second-order valence-electron chi connectivity index (χ2n) is 4.70. The molecule has 0 bridgehead atoms. The molecule has 0 saturated carbocycles. The Hall–Kier alpha value is -1.14. The third-order valence-electron chi connectivity index (χ3n) is 3.23. The summed E-state index contributed by atoms with van der Waals surface area (Å²) in [6.07, 6.45) is 2.99. The van der Waals surface area contributed by atoms with Crippen molar-refractivity contribution in [2.45, 2.75) is 33.4 Å². The molecular formula is C13H20BrN5. The molecular weight excluding hydrogens is 306 g/mol. The molecule has 0 amide bonds. The van der Waals surface area contributed by atoms with E-state index in [1.165, 1.54) is 11.3 Å². The van der Waals surface area contributed by atoms with E-state index in [1.807, 2.05) is 30.4 Å². The Kier molecular flexibility index (Phi) is 4.42. The SMILES string of the molecule is CCc1nn(C)c(CNCc2cn(C)nc2C)c1Br. The van der Waals surface area contributed by atoms with E-state index in [1.54, 1.807) is 0 Å². The van der Waals surface area contributed by atoms with Gasteiger partial charge in [0, 0.05) is 38.9 Å². The van der Waals surface area contributed by atoms with Crippen LogP contribution in [0.2, 0.25) is 0 Å². The van der Waals surface area contributed by atoms with E-state index in [4.69, 9.17) is 0 Å². The first kappa shape index (κ1) is 14.3. The molecule has 0 aliphatic carbocycles. The van der Waals surface area contributed by atoms with Crippen molar-refractivity contribution in [3.8, 4) is 0 Å². The summed E-state index contributed by atoms with van der Waals surface area (Å²) in [7, 11) is 3.93. The molecule has 6 heteroatoms. The maximum atomic E-state index is 4.49. The molecule has 0 saturated heterocycles. The van der Waals surface area contributed by atoms with Crippen molar-refractivity contribution >= 4 is 15.9 Å². The first-order chi connectivity index (χ1) is 9.02. The van der Waals surface area contributed by atoms with Gasteiger partial charge in [0.15, 0.2) is 0 Å². The predicted molar refractivity (Wildman–Crippen MR) is 78.8 cm³/mol. The minimum atomic E-state index is 0.790. The van der Waals surface area contributed by atoms with E-state index < -0.39 is 0 Å². The second-order valence-corrected chi connectivity index (χ2v) is 5.49. The Labute approximate surface area is 122 Å². The van der Waals surface area contributed by atoms with Crippen molar-refractivity contribution in [2.75, 3.05) is 0 Å². The fraction of sp³-hybridized carbons (Fsp3) is 0.538. The summed E-state index contributed by atoms with van der Waals surface area (Å²) >= 11 is 3.63. The lowest BCUT2D eigenvalue weighted by atomic mass is 10.2. The summed E-state index contributed by atoms with van der Waals surface area (Å²) in [4.78, 5) is 0. The molecule has 0 aliphatic heterocycles. The van der Waals surface area contributed by atoms with Crippen LogP contribution in [0.4, 0.5) is 0 Å². The van der Waals surface area contributed by atoms with Gasteiger partial charge in [-0.1, -0.05) is 6.92 Å². The number of rotatable bonds is 5. The highest BCUT2D eigenvalue weighted by Gasteiger charge is 2.12. The highest BCUT2D eigenvalue weighted by Crippen LogP contribution is 2.21. The fourth-order valence-corrected chi connectivity index (χ4v) is 2.91. The molecule has 0 radical (unpaired) electrons. The van der Waals surface area contributed by atoms with Crippen LogP contribution in [0.25, 0.3) is 0 Å². The van der Waals surface area contributed by atoms with Crippen LogP contribution in [0.5, 0.6) is 0 Å². The zero-order chi connectivity index (χ0) is 14.0. The van der Waals surface area contributed by atoms with E-state index in [0.29, 0.717) is 0 Å². The van der Waals surface area contributed by atoms with Crippen molar-refractivity contribution in [1.29, 1.82) is 0 Å². The molecule has 0 atom stereocenters. The fourth-order valence-electron chi connectivity index (χ4n) is 2.15. The first-order valence-corrected chi connectivity index (χ1v) is 7.22. The zero-order valence-electron chi connectivity index (χ0n) is 11.9.